The number of hydrogen-bond acceptors (Lipinski definition) is 6. The van der Waals surface area contributed by atoms with Crippen LogP contribution in [0.5, 0.6) is 17.4 Å². The number of hydrogen-bond donors (Lipinski definition) is 1. The third-order valence-corrected chi connectivity index (χ3v) is 6.24. The Morgan fingerprint density at radius 2 is 1.81 bits per heavy atom. The Morgan fingerprint density at radius 3 is 2.47 bits per heavy atom. The first-order valence-electron chi connectivity index (χ1n) is 13.0. The highest BCUT2D eigenvalue weighted by molar-refractivity contribution is 5.44. The van der Waals surface area contributed by atoms with Gasteiger partial charge in [-0.1, -0.05) is 45.0 Å². The SMILES string of the molecule is CCc1nn(-c2ccccc2)c(Oc2cccc(OC)c2)c1CN(C[C@H](O)COCC(C)C)C1CC1. The molecule has 0 radical (unpaired) electrons. The predicted octanol–water partition coefficient (Wildman–Crippen LogP) is 5.23. The number of rotatable bonds is 14. The average molecular weight is 494 g/mol. The van der Waals surface area contributed by atoms with Gasteiger partial charge in [0, 0.05) is 31.8 Å². The molecular weight excluding hydrogens is 454 g/mol. The lowest BCUT2D eigenvalue weighted by molar-refractivity contribution is 0.00535. The van der Waals surface area contributed by atoms with E-state index in [0.29, 0.717) is 49.9 Å². The van der Waals surface area contributed by atoms with E-state index in [2.05, 4.69) is 25.7 Å². The summed E-state index contributed by atoms with van der Waals surface area (Å²) >= 11 is 0. The fourth-order valence-corrected chi connectivity index (χ4v) is 4.29. The molecule has 194 valence electrons. The molecule has 7 nitrogen and oxygen atoms in total. The van der Waals surface area contributed by atoms with Crippen molar-refractivity contribution in [3.05, 3.63) is 65.9 Å². The Kier molecular flexibility index (Phi) is 9.02. The van der Waals surface area contributed by atoms with E-state index in [1.807, 2.05) is 59.3 Å². The third-order valence-electron chi connectivity index (χ3n) is 6.24. The molecule has 1 aromatic heterocycles. The molecular formula is C29H39N3O4. The van der Waals surface area contributed by atoms with Crippen LogP contribution in [0.4, 0.5) is 0 Å². The molecule has 1 saturated carbocycles. The van der Waals surface area contributed by atoms with Gasteiger partial charge >= 0.3 is 0 Å². The Hall–Kier alpha value is -2.87. The second-order valence-electron chi connectivity index (χ2n) is 9.86. The lowest BCUT2D eigenvalue weighted by Crippen LogP contribution is -2.36. The minimum Gasteiger partial charge on any atom is -0.497 e. The van der Waals surface area contributed by atoms with Gasteiger partial charge in [-0.2, -0.15) is 5.10 Å². The topological polar surface area (TPSA) is 69.0 Å². The van der Waals surface area contributed by atoms with E-state index in [1.54, 1.807) is 7.11 Å². The zero-order chi connectivity index (χ0) is 25.5. The van der Waals surface area contributed by atoms with Crippen LogP contribution in [-0.4, -0.2) is 58.8 Å². The van der Waals surface area contributed by atoms with Gasteiger partial charge in [0.25, 0.3) is 0 Å². The van der Waals surface area contributed by atoms with Gasteiger partial charge in [0.1, 0.15) is 11.5 Å². The van der Waals surface area contributed by atoms with E-state index in [9.17, 15) is 5.11 Å². The Bertz CT molecular complexity index is 1100. The normalized spacial score (nSPS) is 14.4. The summed E-state index contributed by atoms with van der Waals surface area (Å²) in [4.78, 5) is 2.35. The van der Waals surface area contributed by atoms with Crippen LogP contribution in [0, 0.1) is 5.92 Å². The highest BCUT2D eigenvalue weighted by Crippen LogP contribution is 2.36. The van der Waals surface area contributed by atoms with Crippen molar-refractivity contribution >= 4 is 0 Å². The quantitative estimate of drug-likeness (QED) is 0.332. The molecule has 7 heteroatoms. The first-order chi connectivity index (χ1) is 17.5. The molecule has 1 atom stereocenters. The molecule has 1 N–H and O–H groups in total. The monoisotopic (exact) mass is 493 g/mol. The van der Waals surface area contributed by atoms with Crippen molar-refractivity contribution in [2.75, 3.05) is 26.9 Å². The lowest BCUT2D eigenvalue weighted by Gasteiger charge is -2.25. The van der Waals surface area contributed by atoms with Gasteiger partial charge in [-0.05, 0) is 49.4 Å². The second kappa shape index (κ2) is 12.4. The first kappa shape index (κ1) is 26.2. The van der Waals surface area contributed by atoms with Crippen molar-refractivity contribution in [1.82, 2.24) is 14.7 Å². The first-order valence-corrected chi connectivity index (χ1v) is 13.0. The zero-order valence-corrected chi connectivity index (χ0v) is 21.9. The molecule has 36 heavy (non-hydrogen) atoms. The van der Waals surface area contributed by atoms with Gasteiger partial charge in [-0.3, -0.25) is 4.90 Å². The van der Waals surface area contributed by atoms with Gasteiger partial charge in [0.05, 0.1) is 36.8 Å². The number of aliphatic hydroxyl groups excluding tert-OH is 1. The number of nitrogens with zero attached hydrogens (tertiary/aromatic N) is 3. The summed E-state index contributed by atoms with van der Waals surface area (Å²) in [6, 6.07) is 18.1. The maximum atomic E-state index is 10.7. The summed E-state index contributed by atoms with van der Waals surface area (Å²) in [5.74, 6) is 2.57. The van der Waals surface area contributed by atoms with Crippen LogP contribution in [0.1, 0.15) is 44.9 Å². The van der Waals surface area contributed by atoms with Crippen LogP contribution in [-0.2, 0) is 17.7 Å². The minimum atomic E-state index is -0.540. The van der Waals surface area contributed by atoms with Crippen molar-refractivity contribution in [3.8, 4) is 23.1 Å². The Balaban J connectivity index is 1.64. The number of aromatic nitrogens is 2. The number of para-hydroxylation sites is 1. The second-order valence-corrected chi connectivity index (χ2v) is 9.86. The predicted molar refractivity (Wildman–Crippen MR) is 141 cm³/mol. The largest absolute Gasteiger partial charge is 0.497 e. The number of benzene rings is 2. The summed E-state index contributed by atoms with van der Waals surface area (Å²) in [7, 11) is 1.65. The van der Waals surface area contributed by atoms with Gasteiger partial charge in [-0.25, -0.2) is 4.68 Å². The zero-order valence-electron chi connectivity index (χ0n) is 21.9. The smallest absolute Gasteiger partial charge is 0.227 e. The molecule has 0 amide bonds. The maximum Gasteiger partial charge on any atom is 0.227 e. The Morgan fingerprint density at radius 1 is 1.06 bits per heavy atom. The fraction of sp³-hybridized carbons (Fsp3) is 0.483. The van der Waals surface area contributed by atoms with E-state index in [-0.39, 0.29) is 0 Å². The molecule has 0 bridgehead atoms. The summed E-state index contributed by atoms with van der Waals surface area (Å²) in [5, 5.41) is 15.7. The molecule has 0 aliphatic heterocycles. The molecule has 2 aromatic carbocycles. The summed E-state index contributed by atoms with van der Waals surface area (Å²) < 4.78 is 19.5. The molecule has 0 spiro atoms. The van der Waals surface area contributed by atoms with Crippen molar-refractivity contribution in [3.63, 3.8) is 0 Å². The van der Waals surface area contributed by atoms with Crippen molar-refractivity contribution in [1.29, 1.82) is 0 Å². The van der Waals surface area contributed by atoms with Gasteiger partial charge in [0.15, 0.2) is 0 Å². The lowest BCUT2D eigenvalue weighted by atomic mass is 10.1. The molecule has 3 aromatic rings. The van der Waals surface area contributed by atoms with Crippen molar-refractivity contribution < 1.29 is 19.3 Å². The van der Waals surface area contributed by atoms with Crippen molar-refractivity contribution in [2.45, 2.75) is 58.7 Å². The maximum absolute atomic E-state index is 10.7. The molecule has 4 rings (SSSR count). The number of methoxy groups -OCH3 is 1. The summed E-state index contributed by atoms with van der Waals surface area (Å²) in [6.07, 6.45) is 2.52. The minimum absolute atomic E-state index is 0.346. The van der Waals surface area contributed by atoms with Crippen LogP contribution in [0.15, 0.2) is 54.6 Å². The molecule has 1 aliphatic rings. The number of ether oxygens (including phenoxy) is 3. The molecule has 1 aliphatic carbocycles. The van der Waals surface area contributed by atoms with E-state index < -0.39 is 6.10 Å². The fourth-order valence-electron chi connectivity index (χ4n) is 4.29. The van der Waals surface area contributed by atoms with Gasteiger partial charge < -0.3 is 19.3 Å². The molecule has 0 saturated heterocycles. The van der Waals surface area contributed by atoms with E-state index >= 15 is 0 Å². The highest BCUT2D eigenvalue weighted by atomic mass is 16.5. The average Bonchev–Trinajstić information content (AvgIpc) is 3.68. The highest BCUT2D eigenvalue weighted by Gasteiger charge is 2.33. The van der Waals surface area contributed by atoms with Crippen molar-refractivity contribution in [2.24, 2.45) is 5.92 Å². The summed E-state index contributed by atoms with van der Waals surface area (Å²) in [5.41, 5.74) is 2.98. The standard InChI is InChI=1S/C29H39N3O4/c1-5-28-27(18-31(22-14-15-22)17-24(33)20-35-19-21(2)3)29(32(30-28)23-10-7-6-8-11-23)36-26-13-9-12-25(16-26)34-4/h6-13,16,21-22,24,33H,5,14-15,17-20H2,1-4H3/t24-/m0/s1. The number of aliphatic hydroxyl groups is 1. The van der Waals surface area contributed by atoms with Gasteiger partial charge in [0.2, 0.25) is 5.88 Å². The molecule has 1 fully saturated rings. The number of aryl methyl sites for hydroxylation is 1. The summed E-state index contributed by atoms with van der Waals surface area (Å²) in [6.45, 7) is 8.56. The van der Waals surface area contributed by atoms with E-state index in [4.69, 9.17) is 19.3 Å². The van der Waals surface area contributed by atoms with Crippen LogP contribution < -0.4 is 9.47 Å². The van der Waals surface area contributed by atoms with Crippen LogP contribution >= 0.6 is 0 Å². The third kappa shape index (κ3) is 6.87. The molecule has 0 unspecified atom stereocenters. The van der Waals surface area contributed by atoms with Crippen LogP contribution in [0.3, 0.4) is 0 Å². The molecule has 1 heterocycles. The Labute approximate surface area is 214 Å². The van der Waals surface area contributed by atoms with E-state index in [1.165, 1.54) is 0 Å². The van der Waals surface area contributed by atoms with Crippen LogP contribution in [0.25, 0.3) is 5.69 Å². The van der Waals surface area contributed by atoms with Gasteiger partial charge in [-0.15, -0.1) is 0 Å². The van der Waals surface area contributed by atoms with Crippen LogP contribution in [0.2, 0.25) is 0 Å². The van der Waals surface area contributed by atoms with E-state index in [0.717, 1.165) is 42.0 Å².